The van der Waals surface area contributed by atoms with Crippen LogP contribution in [-0.2, 0) is 0 Å². The van der Waals surface area contributed by atoms with Gasteiger partial charge in [-0.15, -0.1) is 0 Å². The second-order valence-corrected chi connectivity index (χ2v) is 3.68. The first-order valence-electron chi connectivity index (χ1n) is 3.65. The number of halogens is 3. The SMILES string of the molecule is N#Cc1ncc(I)c(C(N)=O)c1C(F)F. The van der Waals surface area contributed by atoms with Crippen molar-refractivity contribution in [3.05, 3.63) is 26.6 Å². The van der Waals surface area contributed by atoms with Crippen molar-refractivity contribution in [3.63, 3.8) is 0 Å². The summed E-state index contributed by atoms with van der Waals surface area (Å²) in [5.74, 6) is -0.992. The van der Waals surface area contributed by atoms with E-state index in [1.165, 1.54) is 6.07 Å². The van der Waals surface area contributed by atoms with Gasteiger partial charge in [0.25, 0.3) is 6.43 Å². The zero-order valence-electron chi connectivity index (χ0n) is 7.17. The third kappa shape index (κ3) is 2.20. The summed E-state index contributed by atoms with van der Waals surface area (Å²) in [6.45, 7) is 0. The molecule has 1 amide bonds. The standard InChI is InChI=1S/C8H4F2IN3O/c9-7(10)6-4(1-12)14-2-3(11)5(6)8(13)15/h2,7H,(H2,13,15). The van der Waals surface area contributed by atoms with E-state index in [1.807, 2.05) is 0 Å². The van der Waals surface area contributed by atoms with Gasteiger partial charge in [-0.05, 0) is 22.6 Å². The predicted molar refractivity (Wildman–Crippen MR) is 55.1 cm³/mol. The van der Waals surface area contributed by atoms with E-state index in [0.29, 0.717) is 0 Å². The highest BCUT2D eigenvalue weighted by Crippen LogP contribution is 2.28. The third-order valence-corrected chi connectivity index (χ3v) is 2.46. The Balaban J connectivity index is 3.60. The molecule has 0 radical (unpaired) electrons. The number of carbonyl (C=O) groups excluding carboxylic acids is 1. The number of hydrogen-bond acceptors (Lipinski definition) is 3. The van der Waals surface area contributed by atoms with Gasteiger partial charge in [-0.2, -0.15) is 5.26 Å². The first kappa shape index (κ1) is 11.8. The van der Waals surface area contributed by atoms with Crippen LogP contribution in [-0.4, -0.2) is 10.9 Å². The fraction of sp³-hybridized carbons (Fsp3) is 0.125. The summed E-state index contributed by atoms with van der Waals surface area (Å²) in [6.07, 6.45) is -1.80. The summed E-state index contributed by atoms with van der Waals surface area (Å²) >= 11 is 1.66. The van der Waals surface area contributed by atoms with Crippen LogP contribution in [0, 0.1) is 14.9 Å². The van der Waals surface area contributed by atoms with Crippen LogP contribution < -0.4 is 5.73 Å². The summed E-state index contributed by atoms with van der Waals surface area (Å²) in [4.78, 5) is 14.5. The lowest BCUT2D eigenvalue weighted by Crippen LogP contribution is -2.17. The molecule has 0 aliphatic heterocycles. The molecule has 0 aliphatic carbocycles. The molecule has 7 heteroatoms. The highest BCUT2D eigenvalue weighted by atomic mass is 127. The van der Waals surface area contributed by atoms with Crippen molar-refractivity contribution in [1.82, 2.24) is 4.98 Å². The molecule has 0 spiro atoms. The van der Waals surface area contributed by atoms with Crippen LogP contribution in [0.1, 0.15) is 28.0 Å². The van der Waals surface area contributed by atoms with Crippen LogP contribution in [0.15, 0.2) is 6.20 Å². The van der Waals surface area contributed by atoms with Crippen LogP contribution in [0.4, 0.5) is 8.78 Å². The average Bonchev–Trinajstić information content (AvgIpc) is 2.16. The van der Waals surface area contributed by atoms with E-state index < -0.39 is 23.6 Å². The molecule has 0 saturated carbocycles. The minimum atomic E-state index is -2.95. The zero-order valence-corrected chi connectivity index (χ0v) is 9.33. The van der Waals surface area contributed by atoms with Crippen molar-refractivity contribution in [3.8, 4) is 6.07 Å². The summed E-state index contributed by atoms with van der Waals surface area (Å²) in [7, 11) is 0. The molecule has 1 heterocycles. The monoisotopic (exact) mass is 323 g/mol. The van der Waals surface area contributed by atoms with Gasteiger partial charge < -0.3 is 5.73 Å². The van der Waals surface area contributed by atoms with Gasteiger partial charge in [0.1, 0.15) is 11.8 Å². The highest BCUT2D eigenvalue weighted by Gasteiger charge is 2.24. The maximum absolute atomic E-state index is 12.6. The van der Waals surface area contributed by atoms with Crippen LogP contribution in [0.2, 0.25) is 0 Å². The molecule has 1 rings (SSSR count). The van der Waals surface area contributed by atoms with Gasteiger partial charge >= 0.3 is 0 Å². The summed E-state index contributed by atoms with van der Waals surface area (Å²) in [5.41, 5.74) is 3.46. The lowest BCUT2D eigenvalue weighted by atomic mass is 10.1. The molecule has 0 fully saturated rings. The van der Waals surface area contributed by atoms with E-state index in [2.05, 4.69) is 4.98 Å². The van der Waals surface area contributed by atoms with E-state index in [0.717, 1.165) is 6.20 Å². The molecule has 1 aromatic rings. The number of rotatable bonds is 2. The highest BCUT2D eigenvalue weighted by molar-refractivity contribution is 14.1. The topological polar surface area (TPSA) is 79.8 Å². The molecule has 0 unspecified atom stereocenters. The fourth-order valence-corrected chi connectivity index (χ4v) is 1.75. The van der Waals surface area contributed by atoms with Crippen molar-refractivity contribution in [1.29, 1.82) is 5.26 Å². The van der Waals surface area contributed by atoms with Gasteiger partial charge in [0, 0.05) is 9.77 Å². The van der Waals surface area contributed by atoms with E-state index in [9.17, 15) is 13.6 Å². The smallest absolute Gasteiger partial charge is 0.267 e. The van der Waals surface area contributed by atoms with E-state index >= 15 is 0 Å². The van der Waals surface area contributed by atoms with Crippen molar-refractivity contribution in [2.75, 3.05) is 0 Å². The Hall–Kier alpha value is -1.30. The molecule has 2 N–H and O–H groups in total. The second-order valence-electron chi connectivity index (χ2n) is 2.52. The molecule has 4 nitrogen and oxygen atoms in total. The van der Waals surface area contributed by atoms with E-state index in [4.69, 9.17) is 11.0 Å². The van der Waals surface area contributed by atoms with Crippen LogP contribution in [0.25, 0.3) is 0 Å². The van der Waals surface area contributed by atoms with E-state index in [-0.39, 0.29) is 9.13 Å². The maximum atomic E-state index is 12.6. The second kappa shape index (κ2) is 4.48. The number of nitrogens with two attached hydrogens (primary N) is 1. The number of alkyl halides is 2. The van der Waals surface area contributed by atoms with Gasteiger partial charge in [0.05, 0.1) is 11.1 Å². The Morgan fingerprint density at radius 1 is 1.67 bits per heavy atom. The third-order valence-electron chi connectivity index (χ3n) is 1.64. The minimum Gasteiger partial charge on any atom is -0.366 e. The van der Waals surface area contributed by atoms with Crippen molar-refractivity contribution in [2.24, 2.45) is 5.73 Å². The van der Waals surface area contributed by atoms with Crippen LogP contribution in [0.3, 0.4) is 0 Å². The Kier molecular flexibility index (Phi) is 3.52. The molecule has 0 atom stereocenters. The Morgan fingerprint density at radius 2 is 2.27 bits per heavy atom. The van der Waals surface area contributed by atoms with E-state index in [1.54, 1.807) is 22.6 Å². The zero-order chi connectivity index (χ0) is 11.6. The summed E-state index contributed by atoms with van der Waals surface area (Å²) in [6, 6.07) is 1.50. The number of carbonyl (C=O) groups is 1. The summed E-state index contributed by atoms with van der Waals surface area (Å²) in [5, 5.41) is 8.56. The Bertz CT molecular complexity index is 456. The normalized spacial score (nSPS) is 10.1. The first-order chi connectivity index (χ1) is 6.99. The quantitative estimate of drug-likeness (QED) is 0.840. The number of nitrogens with zero attached hydrogens (tertiary/aromatic N) is 2. The van der Waals surface area contributed by atoms with Crippen molar-refractivity contribution in [2.45, 2.75) is 6.43 Å². The molecule has 0 saturated heterocycles. The molecular formula is C8H4F2IN3O. The molecule has 15 heavy (non-hydrogen) atoms. The Morgan fingerprint density at radius 3 is 2.67 bits per heavy atom. The number of hydrogen-bond donors (Lipinski definition) is 1. The van der Waals surface area contributed by atoms with Crippen LogP contribution in [0.5, 0.6) is 0 Å². The van der Waals surface area contributed by atoms with Gasteiger partial charge in [-0.3, -0.25) is 4.79 Å². The predicted octanol–water partition coefficient (Wildman–Crippen LogP) is 1.59. The molecule has 1 aromatic heterocycles. The number of nitriles is 1. The molecular weight excluding hydrogens is 319 g/mol. The van der Waals surface area contributed by atoms with Crippen molar-refractivity contribution < 1.29 is 13.6 Å². The number of primary amides is 1. The Labute approximate surface area is 97.2 Å². The van der Waals surface area contributed by atoms with Gasteiger partial charge in [-0.1, -0.05) is 0 Å². The number of aromatic nitrogens is 1. The number of pyridine rings is 1. The van der Waals surface area contributed by atoms with Gasteiger partial charge in [-0.25, -0.2) is 13.8 Å². The maximum Gasteiger partial charge on any atom is 0.267 e. The number of amides is 1. The summed E-state index contributed by atoms with van der Waals surface area (Å²) < 4.78 is 25.4. The molecule has 0 aliphatic rings. The fourth-order valence-electron chi connectivity index (χ4n) is 1.05. The lowest BCUT2D eigenvalue weighted by Gasteiger charge is -2.08. The van der Waals surface area contributed by atoms with Gasteiger partial charge in [0.2, 0.25) is 5.91 Å². The molecule has 78 valence electrons. The molecule has 0 bridgehead atoms. The average molecular weight is 323 g/mol. The minimum absolute atomic E-state index is 0.203. The molecule has 0 aromatic carbocycles. The van der Waals surface area contributed by atoms with Crippen molar-refractivity contribution >= 4 is 28.5 Å². The lowest BCUT2D eigenvalue weighted by molar-refractivity contribution is 0.0984. The first-order valence-corrected chi connectivity index (χ1v) is 4.73. The largest absolute Gasteiger partial charge is 0.366 e. The van der Waals surface area contributed by atoms with Gasteiger partial charge in [0.15, 0.2) is 0 Å². The van der Waals surface area contributed by atoms with Crippen LogP contribution >= 0.6 is 22.6 Å².